The molecule has 1 aliphatic heterocycles. The highest BCUT2D eigenvalue weighted by Crippen LogP contribution is 2.29. The summed E-state index contributed by atoms with van der Waals surface area (Å²) in [7, 11) is 1.58. The fourth-order valence-corrected chi connectivity index (χ4v) is 2.58. The first-order valence-corrected chi connectivity index (χ1v) is 6.45. The van der Waals surface area contributed by atoms with E-state index in [0.29, 0.717) is 12.8 Å². The molecule has 0 amide bonds. The average molecular weight is 273 g/mol. The zero-order valence-corrected chi connectivity index (χ0v) is 10.8. The molecule has 2 nitrogen and oxygen atoms in total. The van der Waals surface area contributed by atoms with Gasteiger partial charge >= 0.3 is 6.18 Å². The van der Waals surface area contributed by atoms with Gasteiger partial charge in [0, 0.05) is 6.04 Å². The molecule has 2 atom stereocenters. The molecule has 1 N–H and O–H groups in total. The van der Waals surface area contributed by atoms with Gasteiger partial charge < -0.3 is 10.1 Å². The molecule has 1 aliphatic rings. The van der Waals surface area contributed by atoms with Gasteiger partial charge in [0.2, 0.25) is 0 Å². The van der Waals surface area contributed by atoms with Crippen molar-refractivity contribution >= 4 is 0 Å². The lowest BCUT2D eigenvalue weighted by atomic mass is 9.93. The Labute approximate surface area is 111 Å². The minimum atomic E-state index is -4.15. The summed E-state index contributed by atoms with van der Waals surface area (Å²) < 4.78 is 43.4. The van der Waals surface area contributed by atoms with Crippen LogP contribution in [0.2, 0.25) is 0 Å². The van der Waals surface area contributed by atoms with Crippen LogP contribution in [0, 0.1) is 0 Å². The Hall–Kier alpha value is -1.23. The Morgan fingerprint density at radius 3 is 2.68 bits per heavy atom. The number of para-hydroxylation sites is 1. The summed E-state index contributed by atoms with van der Waals surface area (Å²) in [4.78, 5) is 0. The van der Waals surface area contributed by atoms with E-state index in [1.807, 2.05) is 24.3 Å². The first kappa shape index (κ1) is 14.2. The van der Waals surface area contributed by atoms with Gasteiger partial charge in [-0.3, -0.25) is 0 Å². The molecule has 2 rings (SSSR count). The number of rotatable bonds is 3. The molecular weight excluding hydrogens is 255 g/mol. The molecule has 0 aliphatic carbocycles. The van der Waals surface area contributed by atoms with E-state index >= 15 is 0 Å². The van der Waals surface area contributed by atoms with Crippen LogP contribution in [0.25, 0.3) is 0 Å². The smallest absolute Gasteiger partial charge is 0.403 e. The zero-order valence-electron chi connectivity index (χ0n) is 10.8. The van der Waals surface area contributed by atoms with Crippen LogP contribution in [0.1, 0.15) is 24.8 Å². The van der Waals surface area contributed by atoms with Gasteiger partial charge in [-0.05, 0) is 37.3 Å². The molecule has 106 valence electrons. The topological polar surface area (TPSA) is 21.3 Å². The number of hydrogen-bond donors (Lipinski definition) is 1. The zero-order chi connectivity index (χ0) is 13.9. The SMILES string of the molecule is COc1ccccc1CC1CCCC(C(F)(F)F)N1. The fraction of sp³-hybridized carbons (Fsp3) is 0.571. The van der Waals surface area contributed by atoms with Crippen LogP contribution in [0.15, 0.2) is 24.3 Å². The molecule has 1 fully saturated rings. The minimum Gasteiger partial charge on any atom is -0.496 e. The van der Waals surface area contributed by atoms with Crippen molar-refractivity contribution in [1.29, 1.82) is 0 Å². The molecule has 0 spiro atoms. The normalized spacial score (nSPS) is 24.2. The molecule has 0 bridgehead atoms. The van der Waals surface area contributed by atoms with Crippen LogP contribution in [-0.2, 0) is 6.42 Å². The summed E-state index contributed by atoms with van der Waals surface area (Å²) >= 11 is 0. The highest BCUT2D eigenvalue weighted by molar-refractivity contribution is 5.33. The Morgan fingerprint density at radius 1 is 1.26 bits per heavy atom. The monoisotopic (exact) mass is 273 g/mol. The largest absolute Gasteiger partial charge is 0.496 e. The third-order valence-electron chi connectivity index (χ3n) is 3.54. The quantitative estimate of drug-likeness (QED) is 0.912. The lowest BCUT2D eigenvalue weighted by molar-refractivity contribution is -0.163. The number of ether oxygens (including phenoxy) is 1. The maximum absolute atomic E-state index is 12.7. The summed E-state index contributed by atoms with van der Waals surface area (Å²) in [5.74, 6) is 0.735. The van der Waals surface area contributed by atoms with Crippen LogP contribution in [0.3, 0.4) is 0 Å². The van der Waals surface area contributed by atoms with E-state index < -0.39 is 12.2 Å². The van der Waals surface area contributed by atoms with E-state index in [1.54, 1.807) is 7.11 Å². The number of methoxy groups -OCH3 is 1. The van der Waals surface area contributed by atoms with Crippen molar-refractivity contribution in [2.45, 2.75) is 43.9 Å². The molecule has 1 aromatic rings. The average Bonchev–Trinajstić information content (AvgIpc) is 2.39. The fourth-order valence-electron chi connectivity index (χ4n) is 2.58. The second-order valence-corrected chi connectivity index (χ2v) is 4.90. The number of nitrogens with one attached hydrogen (secondary N) is 1. The summed E-state index contributed by atoms with van der Waals surface area (Å²) in [6.07, 6.45) is -2.04. The van der Waals surface area contributed by atoms with Crippen molar-refractivity contribution in [2.75, 3.05) is 7.11 Å². The molecule has 1 heterocycles. The van der Waals surface area contributed by atoms with Gasteiger partial charge in [-0.2, -0.15) is 13.2 Å². The molecular formula is C14H18F3NO. The van der Waals surface area contributed by atoms with E-state index in [2.05, 4.69) is 5.32 Å². The van der Waals surface area contributed by atoms with Crippen LogP contribution in [0.5, 0.6) is 5.75 Å². The van der Waals surface area contributed by atoms with E-state index in [1.165, 1.54) is 0 Å². The summed E-state index contributed by atoms with van der Waals surface area (Å²) in [6, 6.07) is 5.95. The minimum absolute atomic E-state index is 0.142. The number of benzene rings is 1. The highest BCUT2D eigenvalue weighted by Gasteiger charge is 2.41. The molecule has 0 aromatic heterocycles. The summed E-state index contributed by atoms with van der Waals surface area (Å²) in [5.41, 5.74) is 0.949. The lowest BCUT2D eigenvalue weighted by Gasteiger charge is -2.32. The van der Waals surface area contributed by atoms with Gasteiger partial charge in [0.1, 0.15) is 11.8 Å². The maximum Gasteiger partial charge on any atom is 0.403 e. The molecule has 1 aromatic carbocycles. The van der Waals surface area contributed by atoms with Gasteiger partial charge in [-0.15, -0.1) is 0 Å². The van der Waals surface area contributed by atoms with Crippen LogP contribution in [0.4, 0.5) is 13.2 Å². The molecule has 0 radical (unpaired) electrons. The lowest BCUT2D eigenvalue weighted by Crippen LogP contribution is -2.51. The number of piperidine rings is 1. The Kier molecular flexibility index (Phi) is 4.34. The standard InChI is InChI=1S/C14H18F3NO/c1-19-12-7-3-2-5-10(12)9-11-6-4-8-13(18-11)14(15,16)17/h2-3,5,7,11,13,18H,4,6,8-9H2,1H3. The third-order valence-corrected chi connectivity index (χ3v) is 3.54. The number of alkyl halides is 3. The van der Waals surface area contributed by atoms with E-state index in [0.717, 1.165) is 17.7 Å². The Balaban J connectivity index is 2.03. The van der Waals surface area contributed by atoms with Gasteiger partial charge in [-0.1, -0.05) is 18.2 Å². The molecule has 5 heteroatoms. The second-order valence-electron chi connectivity index (χ2n) is 4.90. The highest BCUT2D eigenvalue weighted by atomic mass is 19.4. The molecule has 0 saturated carbocycles. The van der Waals surface area contributed by atoms with Crippen molar-refractivity contribution < 1.29 is 17.9 Å². The van der Waals surface area contributed by atoms with Gasteiger partial charge in [0.25, 0.3) is 0 Å². The van der Waals surface area contributed by atoms with Crippen molar-refractivity contribution in [3.05, 3.63) is 29.8 Å². The van der Waals surface area contributed by atoms with Crippen molar-refractivity contribution in [3.63, 3.8) is 0 Å². The van der Waals surface area contributed by atoms with Gasteiger partial charge in [0.15, 0.2) is 0 Å². The summed E-state index contributed by atoms with van der Waals surface area (Å²) in [5, 5.41) is 2.71. The molecule has 1 saturated heterocycles. The van der Waals surface area contributed by atoms with Crippen LogP contribution >= 0.6 is 0 Å². The second kappa shape index (κ2) is 5.82. The predicted octanol–water partition coefficient (Wildman–Crippen LogP) is 3.31. The third kappa shape index (κ3) is 3.62. The van der Waals surface area contributed by atoms with Crippen molar-refractivity contribution in [1.82, 2.24) is 5.32 Å². The first-order chi connectivity index (χ1) is 9.00. The molecule has 19 heavy (non-hydrogen) atoms. The Bertz CT molecular complexity index is 419. The van der Waals surface area contributed by atoms with Crippen molar-refractivity contribution in [2.24, 2.45) is 0 Å². The van der Waals surface area contributed by atoms with Gasteiger partial charge in [0.05, 0.1) is 7.11 Å². The van der Waals surface area contributed by atoms with Crippen molar-refractivity contribution in [3.8, 4) is 5.75 Å². The van der Waals surface area contributed by atoms with Gasteiger partial charge in [-0.25, -0.2) is 0 Å². The maximum atomic E-state index is 12.7. The number of halogens is 3. The van der Waals surface area contributed by atoms with Crippen LogP contribution in [-0.4, -0.2) is 25.4 Å². The number of hydrogen-bond acceptors (Lipinski definition) is 2. The predicted molar refractivity (Wildman–Crippen MR) is 67.3 cm³/mol. The Morgan fingerprint density at radius 2 is 2.00 bits per heavy atom. The first-order valence-electron chi connectivity index (χ1n) is 6.45. The summed E-state index contributed by atoms with van der Waals surface area (Å²) in [6.45, 7) is 0. The molecule has 2 unspecified atom stereocenters. The van der Waals surface area contributed by atoms with E-state index in [-0.39, 0.29) is 12.5 Å². The van der Waals surface area contributed by atoms with E-state index in [4.69, 9.17) is 4.74 Å². The van der Waals surface area contributed by atoms with Crippen LogP contribution < -0.4 is 10.1 Å². The van der Waals surface area contributed by atoms with E-state index in [9.17, 15) is 13.2 Å².